The van der Waals surface area contributed by atoms with E-state index in [1.807, 2.05) is 54.6 Å². The minimum atomic E-state index is -0.470. The van der Waals surface area contributed by atoms with E-state index in [-0.39, 0.29) is 11.3 Å². The molecule has 154 valence electrons. The van der Waals surface area contributed by atoms with Gasteiger partial charge in [0.2, 0.25) is 0 Å². The fraction of sp³-hybridized carbons (Fsp3) is 0.0833. The molecular formula is C24H20N4O3. The smallest absolute Gasteiger partial charge is 0.293 e. The Morgan fingerprint density at radius 2 is 1.84 bits per heavy atom. The maximum atomic E-state index is 12.7. The third-order valence-electron chi connectivity index (χ3n) is 5.00. The van der Waals surface area contributed by atoms with Crippen molar-refractivity contribution in [1.29, 1.82) is 0 Å². The number of pyridine rings is 1. The van der Waals surface area contributed by atoms with Crippen LogP contribution in [0.25, 0.3) is 10.8 Å². The number of carbonyl (C=O) groups excluding carboxylic acids is 1. The summed E-state index contributed by atoms with van der Waals surface area (Å²) in [6.07, 6.45) is 3.39. The van der Waals surface area contributed by atoms with Crippen LogP contribution in [-0.2, 0) is 6.54 Å². The minimum Gasteiger partial charge on any atom is -0.365 e. The largest absolute Gasteiger partial charge is 0.365 e. The molecule has 0 aliphatic rings. The van der Waals surface area contributed by atoms with Gasteiger partial charge in [-0.05, 0) is 46.7 Å². The minimum absolute atomic E-state index is 0.127. The second-order valence-corrected chi connectivity index (χ2v) is 7.19. The summed E-state index contributed by atoms with van der Waals surface area (Å²) in [6.45, 7) is 0.456. The van der Waals surface area contributed by atoms with E-state index in [0.717, 1.165) is 16.3 Å². The normalized spacial score (nSPS) is 10.6. The van der Waals surface area contributed by atoms with Crippen LogP contribution in [-0.4, -0.2) is 22.9 Å². The van der Waals surface area contributed by atoms with E-state index in [1.54, 1.807) is 36.5 Å². The lowest BCUT2D eigenvalue weighted by Crippen LogP contribution is -2.19. The lowest BCUT2D eigenvalue weighted by molar-refractivity contribution is -0.384. The van der Waals surface area contributed by atoms with Crippen molar-refractivity contribution in [3.63, 3.8) is 0 Å². The highest BCUT2D eigenvalue weighted by Gasteiger charge is 2.20. The Labute approximate surface area is 179 Å². The summed E-state index contributed by atoms with van der Waals surface area (Å²) in [7, 11) is 1.77. The SMILES string of the molecule is CN(Cc1cccnc1)c1ccc(C(=O)Nc2ccc3ccccc3c2)cc1[N+](=O)[O-]. The van der Waals surface area contributed by atoms with Gasteiger partial charge in [-0.2, -0.15) is 0 Å². The molecule has 0 aliphatic carbocycles. The first-order valence-electron chi connectivity index (χ1n) is 9.70. The molecule has 0 bridgehead atoms. The second kappa shape index (κ2) is 8.62. The number of rotatable bonds is 6. The summed E-state index contributed by atoms with van der Waals surface area (Å²) in [5, 5.41) is 16.6. The van der Waals surface area contributed by atoms with Crippen LogP contribution in [0.4, 0.5) is 17.1 Å². The van der Waals surface area contributed by atoms with Gasteiger partial charge in [-0.3, -0.25) is 19.9 Å². The lowest BCUT2D eigenvalue weighted by Gasteiger charge is -2.19. The first-order valence-corrected chi connectivity index (χ1v) is 9.70. The number of nitro benzene ring substituents is 1. The molecule has 3 aromatic carbocycles. The Morgan fingerprint density at radius 3 is 2.58 bits per heavy atom. The number of benzene rings is 3. The number of nitrogens with zero attached hydrogens (tertiary/aromatic N) is 3. The molecule has 1 amide bonds. The summed E-state index contributed by atoms with van der Waals surface area (Å²) in [4.78, 5) is 29.8. The van der Waals surface area contributed by atoms with E-state index in [4.69, 9.17) is 0 Å². The van der Waals surface area contributed by atoms with Crippen molar-refractivity contribution in [1.82, 2.24) is 4.98 Å². The molecule has 1 aromatic heterocycles. The van der Waals surface area contributed by atoms with Gasteiger partial charge in [0.25, 0.3) is 11.6 Å². The van der Waals surface area contributed by atoms with Gasteiger partial charge in [0.1, 0.15) is 5.69 Å². The second-order valence-electron chi connectivity index (χ2n) is 7.19. The van der Waals surface area contributed by atoms with Crippen LogP contribution >= 0.6 is 0 Å². The number of fused-ring (bicyclic) bond motifs is 1. The van der Waals surface area contributed by atoms with Crippen molar-refractivity contribution in [3.05, 3.63) is 106 Å². The first kappa shape index (κ1) is 20.0. The maximum Gasteiger partial charge on any atom is 0.293 e. The molecule has 7 heteroatoms. The van der Waals surface area contributed by atoms with Crippen molar-refractivity contribution < 1.29 is 9.72 Å². The molecule has 1 N–H and O–H groups in total. The van der Waals surface area contributed by atoms with Gasteiger partial charge < -0.3 is 10.2 Å². The van der Waals surface area contributed by atoms with E-state index in [9.17, 15) is 14.9 Å². The van der Waals surface area contributed by atoms with Crippen molar-refractivity contribution in [2.24, 2.45) is 0 Å². The van der Waals surface area contributed by atoms with Crippen LogP contribution < -0.4 is 10.2 Å². The number of carbonyl (C=O) groups is 1. The van der Waals surface area contributed by atoms with Crippen molar-refractivity contribution in [2.45, 2.75) is 6.54 Å². The van der Waals surface area contributed by atoms with E-state index >= 15 is 0 Å². The van der Waals surface area contributed by atoms with Gasteiger partial charge in [-0.1, -0.05) is 36.4 Å². The Kier molecular flexibility index (Phi) is 5.57. The van der Waals surface area contributed by atoms with E-state index in [0.29, 0.717) is 17.9 Å². The Bertz CT molecular complexity index is 1260. The zero-order valence-corrected chi connectivity index (χ0v) is 16.9. The van der Waals surface area contributed by atoms with Crippen LogP contribution in [0.3, 0.4) is 0 Å². The van der Waals surface area contributed by atoms with Gasteiger partial charge in [-0.25, -0.2) is 0 Å². The van der Waals surface area contributed by atoms with Crippen molar-refractivity contribution >= 4 is 33.7 Å². The highest BCUT2D eigenvalue weighted by molar-refractivity contribution is 6.06. The number of aromatic nitrogens is 1. The molecule has 4 rings (SSSR count). The summed E-state index contributed by atoms with van der Waals surface area (Å²) < 4.78 is 0. The zero-order chi connectivity index (χ0) is 21.8. The lowest BCUT2D eigenvalue weighted by atomic mass is 10.1. The van der Waals surface area contributed by atoms with Gasteiger partial charge in [0.15, 0.2) is 0 Å². The molecule has 0 unspecified atom stereocenters. The number of amides is 1. The fourth-order valence-electron chi connectivity index (χ4n) is 3.45. The molecule has 7 nitrogen and oxygen atoms in total. The highest BCUT2D eigenvalue weighted by Crippen LogP contribution is 2.30. The summed E-state index contributed by atoms with van der Waals surface area (Å²) >= 11 is 0. The molecule has 31 heavy (non-hydrogen) atoms. The molecule has 0 atom stereocenters. The van der Waals surface area contributed by atoms with Crippen molar-refractivity contribution in [3.8, 4) is 0 Å². The predicted octanol–water partition coefficient (Wildman–Crippen LogP) is 5.03. The van der Waals surface area contributed by atoms with Gasteiger partial charge >= 0.3 is 0 Å². The Hall–Kier alpha value is -4.26. The monoisotopic (exact) mass is 412 g/mol. The Balaban J connectivity index is 1.57. The number of hydrogen-bond donors (Lipinski definition) is 1. The molecule has 0 saturated heterocycles. The molecule has 0 fully saturated rings. The van der Waals surface area contributed by atoms with Gasteiger partial charge in [-0.15, -0.1) is 0 Å². The molecular weight excluding hydrogens is 392 g/mol. The van der Waals surface area contributed by atoms with E-state index < -0.39 is 10.8 Å². The average Bonchev–Trinajstić information content (AvgIpc) is 2.79. The molecule has 0 saturated carbocycles. The standard InChI is InChI=1S/C24H20N4O3/c1-27(16-17-5-4-12-25-15-17)22-11-9-20(14-23(22)28(30)31)24(29)26-21-10-8-18-6-2-3-7-19(18)13-21/h2-15H,16H2,1H3,(H,26,29). The summed E-state index contributed by atoms with van der Waals surface area (Å²) in [5.41, 5.74) is 2.08. The third kappa shape index (κ3) is 4.51. The fourth-order valence-corrected chi connectivity index (χ4v) is 3.45. The highest BCUT2D eigenvalue weighted by atomic mass is 16.6. The van der Waals surface area contributed by atoms with Crippen LogP contribution in [0, 0.1) is 10.1 Å². The zero-order valence-electron chi connectivity index (χ0n) is 16.9. The topological polar surface area (TPSA) is 88.4 Å². The third-order valence-corrected chi connectivity index (χ3v) is 5.00. The van der Waals surface area contributed by atoms with Crippen LogP contribution in [0.2, 0.25) is 0 Å². The van der Waals surface area contributed by atoms with E-state index in [1.165, 1.54) is 6.07 Å². The number of hydrogen-bond acceptors (Lipinski definition) is 5. The molecule has 1 heterocycles. The van der Waals surface area contributed by atoms with Crippen LogP contribution in [0.5, 0.6) is 0 Å². The van der Waals surface area contributed by atoms with Crippen LogP contribution in [0.15, 0.2) is 85.2 Å². The predicted molar refractivity (Wildman–Crippen MR) is 121 cm³/mol. The first-order chi connectivity index (χ1) is 15.0. The van der Waals surface area contributed by atoms with Crippen LogP contribution in [0.1, 0.15) is 15.9 Å². The maximum absolute atomic E-state index is 12.7. The van der Waals surface area contributed by atoms with Crippen molar-refractivity contribution in [2.75, 3.05) is 17.3 Å². The van der Waals surface area contributed by atoms with E-state index in [2.05, 4.69) is 10.3 Å². The molecule has 0 spiro atoms. The van der Waals surface area contributed by atoms with Gasteiger partial charge in [0, 0.05) is 43.3 Å². The number of nitrogens with one attached hydrogen (secondary N) is 1. The van der Waals surface area contributed by atoms with Gasteiger partial charge in [0.05, 0.1) is 4.92 Å². The quantitative estimate of drug-likeness (QED) is 0.354. The molecule has 4 aromatic rings. The number of nitro groups is 1. The molecule has 0 aliphatic heterocycles. The number of anilines is 2. The Morgan fingerprint density at radius 1 is 1.03 bits per heavy atom. The summed E-state index contributed by atoms with van der Waals surface area (Å²) in [5.74, 6) is -0.403. The average molecular weight is 412 g/mol. The summed E-state index contributed by atoms with van der Waals surface area (Å²) in [6, 6.07) is 21.7. The molecule has 0 radical (unpaired) electrons.